The summed E-state index contributed by atoms with van der Waals surface area (Å²) in [5.41, 5.74) is 3.26. The minimum absolute atomic E-state index is 0.301. The molecule has 4 aromatic heterocycles. The van der Waals surface area contributed by atoms with Crippen LogP contribution in [0.5, 0.6) is 0 Å². The van der Waals surface area contributed by atoms with Gasteiger partial charge in [0.05, 0.1) is 24.2 Å². The van der Waals surface area contributed by atoms with Crippen LogP contribution in [0.4, 0.5) is 5.69 Å². The van der Waals surface area contributed by atoms with E-state index in [0.717, 1.165) is 17.1 Å². The molecule has 0 aliphatic heterocycles. The maximum atomic E-state index is 5.30. The Hall–Kier alpha value is -3.16. The molecule has 122 valence electrons. The minimum Gasteiger partial charge on any atom is -0.461 e. The van der Waals surface area contributed by atoms with Crippen LogP contribution in [-0.2, 0) is 6.54 Å². The van der Waals surface area contributed by atoms with E-state index < -0.39 is 0 Å². The van der Waals surface area contributed by atoms with Crippen molar-refractivity contribution in [3.8, 4) is 11.5 Å². The van der Waals surface area contributed by atoms with Crippen molar-refractivity contribution in [2.75, 3.05) is 5.32 Å². The van der Waals surface area contributed by atoms with Crippen molar-refractivity contribution in [3.05, 3.63) is 48.2 Å². The van der Waals surface area contributed by atoms with E-state index in [4.69, 9.17) is 8.94 Å². The number of rotatable bonds is 5. The molecule has 0 saturated carbocycles. The van der Waals surface area contributed by atoms with Crippen LogP contribution in [0.2, 0.25) is 0 Å². The summed E-state index contributed by atoms with van der Waals surface area (Å²) in [6.07, 6.45) is 3.19. The molecule has 0 aromatic carbocycles. The van der Waals surface area contributed by atoms with E-state index in [1.54, 1.807) is 17.1 Å². The van der Waals surface area contributed by atoms with E-state index in [2.05, 4.69) is 39.6 Å². The molecule has 0 radical (unpaired) electrons. The lowest BCUT2D eigenvalue weighted by atomic mass is 10.1. The van der Waals surface area contributed by atoms with Gasteiger partial charge in [-0.1, -0.05) is 19.0 Å². The fraction of sp³-hybridized carbons (Fsp3) is 0.250. The summed E-state index contributed by atoms with van der Waals surface area (Å²) in [4.78, 5) is 0. The van der Waals surface area contributed by atoms with Gasteiger partial charge in [0, 0.05) is 6.07 Å². The van der Waals surface area contributed by atoms with Crippen molar-refractivity contribution in [1.82, 2.24) is 25.0 Å². The van der Waals surface area contributed by atoms with Crippen molar-refractivity contribution in [2.45, 2.75) is 26.3 Å². The van der Waals surface area contributed by atoms with Gasteiger partial charge in [-0.05, 0) is 24.1 Å². The number of fused-ring (bicyclic) bond motifs is 1. The SMILES string of the molecule is CC(C)c1cc(NCc2cc(-c3ccco3)on2)c2nncn2n1. The normalized spacial score (nSPS) is 11.5. The van der Waals surface area contributed by atoms with Crippen molar-refractivity contribution in [3.63, 3.8) is 0 Å². The van der Waals surface area contributed by atoms with E-state index in [1.807, 2.05) is 24.3 Å². The van der Waals surface area contributed by atoms with Gasteiger partial charge in [-0.2, -0.15) is 9.61 Å². The maximum Gasteiger partial charge on any atom is 0.202 e. The Morgan fingerprint density at radius 2 is 2.17 bits per heavy atom. The minimum atomic E-state index is 0.301. The third kappa shape index (κ3) is 2.62. The van der Waals surface area contributed by atoms with Gasteiger partial charge in [0.1, 0.15) is 12.0 Å². The Kier molecular flexibility index (Phi) is 3.49. The molecule has 0 aliphatic rings. The first-order valence-electron chi connectivity index (χ1n) is 7.65. The van der Waals surface area contributed by atoms with Gasteiger partial charge in [-0.25, -0.2) is 0 Å². The molecule has 0 saturated heterocycles. The summed E-state index contributed by atoms with van der Waals surface area (Å²) < 4.78 is 12.3. The second-order valence-corrected chi connectivity index (χ2v) is 5.75. The van der Waals surface area contributed by atoms with Gasteiger partial charge >= 0.3 is 0 Å². The van der Waals surface area contributed by atoms with Gasteiger partial charge < -0.3 is 14.3 Å². The Bertz CT molecular complexity index is 954. The average Bonchev–Trinajstić information content (AvgIpc) is 3.31. The average molecular weight is 324 g/mol. The summed E-state index contributed by atoms with van der Waals surface area (Å²) in [5, 5.41) is 19.9. The van der Waals surface area contributed by atoms with Crippen molar-refractivity contribution < 1.29 is 8.94 Å². The first-order chi connectivity index (χ1) is 11.7. The lowest BCUT2D eigenvalue weighted by Crippen LogP contribution is -2.06. The van der Waals surface area contributed by atoms with Gasteiger partial charge in [-0.3, -0.25) is 0 Å². The lowest BCUT2D eigenvalue weighted by molar-refractivity contribution is 0.411. The number of aromatic nitrogens is 5. The quantitative estimate of drug-likeness (QED) is 0.602. The Balaban J connectivity index is 1.57. The van der Waals surface area contributed by atoms with Gasteiger partial charge in [0.2, 0.25) is 11.4 Å². The number of nitrogens with one attached hydrogen (secondary N) is 1. The molecule has 0 spiro atoms. The lowest BCUT2D eigenvalue weighted by Gasteiger charge is -2.10. The summed E-state index contributed by atoms with van der Waals surface area (Å²) >= 11 is 0. The molecular weight excluding hydrogens is 308 g/mol. The molecule has 4 heterocycles. The van der Waals surface area contributed by atoms with E-state index in [9.17, 15) is 0 Å². The zero-order chi connectivity index (χ0) is 16.5. The van der Waals surface area contributed by atoms with Crippen molar-refractivity contribution in [2.24, 2.45) is 0 Å². The van der Waals surface area contributed by atoms with Crippen LogP contribution in [-0.4, -0.2) is 25.0 Å². The summed E-state index contributed by atoms with van der Waals surface area (Å²) in [6.45, 7) is 4.68. The summed E-state index contributed by atoms with van der Waals surface area (Å²) in [7, 11) is 0. The molecule has 8 heteroatoms. The van der Waals surface area contributed by atoms with E-state index in [-0.39, 0.29) is 0 Å². The predicted molar refractivity (Wildman–Crippen MR) is 86.4 cm³/mol. The number of nitrogens with zero attached hydrogens (tertiary/aromatic N) is 5. The second kappa shape index (κ2) is 5.80. The number of hydrogen-bond donors (Lipinski definition) is 1. The monoisotopic (exact) mass is 324 g/mol. The van der Waals surface area contributed by atoms with Crippen LogP contribution < -0.4 is 5.32 Å². The highest BCUT2D eigenvalue weighted by atomic mass is 16.5. The number of furan rings is 1. The fourth-order valence-electron chi connectivity index (χ4n) is 2.37. The van der Waals surface area contributed by atoms with Crippen molar-refractivity contribution >= 4 is 11.3 Å². The third-order valence-corrected chi connectivity index (χ3v) is 3.66. The van der Waals surface area contributed by atoms with Gasteiger partial charge in [0.15, 0.2) is 5.76 Å². The van der Waals surface area contributed by atoms with Crippen molar-refractivity contribution in [1.29, 1.82) is 0 Å². The van der Waals surface area contributed by atoms with Crippen LogP contribution in [0.25, 0.3) is 17.2 Å². The molecule has 0 bridgehead atoms. The standard InChI is InChI=1S/C16H16N6O2/c1-10(2)12-7-13(16-19-18-9-22(16)20-12)17-8-11-6-15(24-21-11)14-4-3-5-23-14/h3-7,9-10,17H,8H2,1-2H3. The van der Waals surface area contributed by atoms with Crippen LogP contribution in [0.1, 0.15) is 31.2 Å². The molecule has 4 rings (SSSR count). The topological polar surface area (TPSA) is 94.3 Å². The molecular formula is C16H16N6O2. The highest BCUT2D eigenvalue weighted by molar-refractivity contribution is 5.66. The third-order valence-electron chi connectivity index (χ3n) is 3.66. The Morgan fingerprint density at radius 3 is 2.96 bits per heavy atom. The van der Waals surface area contributed by atoms with E-state index in [1.165, 1.54) is 0 Å². The summed E-state index contributed by atoms with van der Waals surface area (Å²) in [6, 6.07) is 7.47. The number of anilines is 1. The van der Waals surface area contributed by atoms with Gasteiger partial charge in [0.25, 0.3) is 0 Å². The zero-order valence-corrected chi connectivity index (χ0v) is 13.3. The maximum absolute atomic E-state index is 5.30. The fourth-order valence-corrected chi connectivity index (χ4v) is 2.37. The molecule has 8 nitrogen and oxygen atoms in total. The molecule has 0 atom stereocenters. The highest BCUT2D eigenvalue weighted by Crippen LogP contribution is 2.23. The van der Waals surface area contributed by atoms with Crippen LogP contribution in [0, 0.1) is 0 Å². The van der Waals surface area contributed by atoms with Gasteiger partial charge in [-0.15, -0.1) is 10.2 Å². The Labute approximate surface area is 137 Å². The van der Waals surface area contributed by atoms with Crippen LogP contribution in [0.3, 0.4) is 0 Å². The molecule has 0 fully saturated rings. The Morgan fingerprint density at radius 1 is 1.25 bits per heavy atom. The smallest absolute Gasteiger partial charge is 0.202 e. The predicted octanol–water partition coefficient (Wildman–Crippen LogP) is 3.11. The van der Waals surface area contributed by atoms with Crippen LogP contribution >= 0.6 is 0 Å². The molecule has 24 heavy (non-hydrogen) atoms. The molecule has 0 aliphatic carbocycles. The largest absolute Gasteiger partial charge is 0.461 e. The number of hydrogen-bond acceptors (Lipinski definition) is 7. The first kappa shape index (κ1) is 14.4. The zero-order valence-electron chi connectivity index (χ0n) is 13.3. The highest BCUT2D eigenvalue weighted by Gasteiger charge is 2.12. The molecule has 0 amide bonds. The molecule has 1 N–H and O–H groups in total. The van der Waals surface area contributed by atoms with E-state index >= 15 is 0 Å². The second-order valence-electron chi connectivity index (χ2n) is 5.75. The van der Waals surface area contributed by atoms with Crippen LogP contribution in [0.15, 0.2) is 45.8 Å². The summed E-state index contributed by atoms with van der Waals surface area (Å²) in [5.74, 6) is 1.55. The molecule has 0 unspecified atom stereocenters. The molecule has 4 aromatic rings. The first-order valence-corrected chi connectivity index (χ1v) is 7.65. The van der Waals surface area contributed by atoms with E-state index in [0.29, 0.717) is 29.6 Å².